The molecule has 0 rings (SSSR count). The van der Waals surface area contributed by atoms with Crippen molar-refractivity contribution in [2.75, 3.05) is 0 Å². The van der Waals surface area contributed by atoms with Crippen LogP contribution in [0.1, 0.15) is 0 Å². The van der Waals surface area contributed by atoms with E-state index in [0.29, 0.717) is 0 Å². The van der Waals surface area contributed by atoms with Crippen molar-refractivity contribution in [3.05, 3.63) is 0 Å². The van der Waals surface area contributed by atoms with E-state index in [4.69, 9.17) is 0 Å². The van der Waals surface area contributed by atoms with Gasteiger partial charge in [-0.3, -0.25) is 9.59 Å². The van der Waals surface area contributed by atoms with Crippen LogP contribution in [0, 0.1) is 0 Å². The second-order valence-electron chi connectivity index (χ2n) is 6.24. The fourth-order valence-corrected chi connectivity index (χ4v) is 1.87. The van der Waals surface area contributed by atoms with Crippen molar-refractivity contribution in [3.63, 3.8) is 0 Å². The van der Waals surface area contributed by atoms with Gasteiger partial charge in [0.1, 0.15) is 0 Å². The molecule has 0 heterocycles. The highest BCUT2D eigenvalue weighted by molar-refractivity contribution is 5.96. The average molecular weight is 626 g/mol. The van der Waals surface area contributed by atoms with Gasteiger partial charge in [0.2, 0.25) is 0 Å². The van der Waals surface area contributed by atoms with Crippen LogP contribution in [0.25, 0.3) is 0 Å². The number of carbonyl (C=O) groups excluding carboxylic acids is 2. The van der Waals surface area contributed by atoms with E-state index in [1.807, 2.05) is 0 Å². The summed E-state index contributed by atoms with van der Waals surface area (Å²) >= 11 is 0. The molecule has 0 aromatic heterocycles. The quantitative estimate of drug-likeness (QED) is 0.287. The molecule has 4 nitrogen and oxygen atoms in total. The summed E-state index contributed by atoms with van der Waals surface area (Å²) in [6, 6.07) is 0. The monoisotopic (exact) mass is 626 g/mol. The number of hydrogen-bond donors (Lipinski definition) is 0. The topological polar surface area (TPSA) is 52.6 Å². The number of ether oxygens (including phenoxy) is 2. The Morgan fingerprint density at radius 3 is 0.684 bits per heavy atom. The Labute approximate surface area is 189 Å². The first-order chi connectivity index (χ1) is 16.0. The second kappa shape index (κ2) is 9.14. The van der Waals surface area contributed by atoms with E-state index in [9.17, 15) is 106 Å². The zero-order chi connectivity index (χ0) is 31.6. The Kier molecular flexibility index (Phi) is 8.59. The van der Waals surface area contributed by atoms with Gasteiger partial charge in [-0.25, -0.2) is 9.47 Å². The Balaban J connectivity index is 7.10. The van der Waals surface area contributed by atoms with Gasteiger partial charge < -0.3 is 0 Å². The van der Waals surface area contributed by atoms with Crippen LogP contribution < -0.4 is 0 Å². The molecule has 0 radical (unpaired) electrons. The second-order valence-corrected chi connectivity index (χ2v) is 6.24. The fourth-order valence-electron chi connectivity index (χ4n) is 1.87. The van der Waals surface area contributed by atoms with E-state index in [1.54, 1.807) is 0 Å². The molecule has 2 atom stereocenters. The van der Waals surface area contributed by atoms with Crippen molar-refractivity contribution >= 4 is 11.6 Å². The minimum atomic E-state index is -8.95. The number of Topliss-reactive ketones (excluding diaryl/α,β-unsaturated/α-hetero) is 2. The number of rotatable bonds is 9. The normalized spacial score (nSPS) is 18.6. The molecule has 0 aliphatic heterocycles. The molecule has 2 unspecified atom stereocenters. The Morgan fingerprint density at radius 2 is 0.553 bits per heavy atom. The van der Waals surface area contributed by atoms with E-state index in [-0.39, 0.29) is 0 Å². The van der Waals surface area contributed by atoms with E-state index in [2.05, 4.69) is 0 Å². The third-order valence-electron chi connectivity index (χ3n) is 3.58. The first-order valence-electron chi connectivity index (χ1n) is 7.63. The fraction of sp³-hybridized carbons (Fsp3) is 0.833. The molecular weight excluding hydrogens is 626 g/mol. The average Bonchev–Trinajstić information content (AvgIpc) is 2.61. The van der Waals surface area contributed by atoms with E-state index in [1.165, 1.54) is 9.47 Å². The lowest BCUT2D eigenvalue weighted by atomic mass is 9.89. The Morgan fingerprint density at radius 1 is 0.368 bits per heavy atom. The summed E-state index contributed by atoms with van der Waals surface area (Å²) in [6.07, 6.45) is -30.4. The molecule has 0 aromatic rings. The first kappa shape index (κ1) is 35.7. The predicted molar refractivity (Wildman–Crippen MR) is 63.9 cm³/mol. The lowest BCUT2D eigenvalue weighted by molar-refractivity contribution is -0.442. The number of hydrogen-bond acceptors (Lipinski definition) is 4. The standard InChI is InChI=1S/C12F22O4/c13-3(14,1(35)5(17,9(23,24)25)37-11(29,30)31)7(19,20)8(21,22)4(15,16)2(36)6(18,10(26,27)28)38-12(32,33)34. The van der Waals surface area contributed by atoms with Crippen molar-refractivity contribution in [1.29, 1.82) is 0 Å². The molecule has 0 saturated heterocycles. The Bertz CT molecular complexity index is 833. The molecule has 226 valence electrons. The van der Waals surface area contributed by atoms with Crippen molar-refractivity contribution in [1.82, 2.24) is 0 Å². The van der Waals surface area contributed by atoms with Crippen LogP contribution in [0.4, 0.5) is 96.6 Å². The molecule has 0 saturated carbocycles. The molecule has 0 spiro atoms. The van der Waals surface area contributed by atoms with Crippen molar-refractivity contribution in [2.45, 2.75) is 60.5 Å². The third kappa shape index (κ3) is 5.83. The summed E-state index contributed by atoms with van der Waals surface area (Å²) in [5.74, 6) is -62.6. The van der Waals surface area contributed by atoms with E-state index in [0.717, 1.165) is 0 Å². The van der Waals surface area contributed by atoms with E-state index < -0.39 is 72.0 Å². The number of halogens is 22. The molecule has 38 heavy (non-hydrogen) atoms. The van der Waals surface area contributed by atoms with Gasteiger partial charge in [-0.2, -0.15) is 70.2 Å². The van der Waals surface area contributed by atoms with Crippen molar-refractivity contribution < 1.29 is 116 Å². The van der Waals surface area contributed by atoms with Crippen molar-refractivity contribution in [2.24, 2.45) is 0 Å². The highest BCUT2D eigenvalue weighted by atomic mass is 19.4. The zero-order valence-corrected chi connectivity index (χ0v) is 15.9. The maximum absolute atomic E-state index is 13.6. The van der Waals surface area contributed by atoms with Crippen LogP contribution in [0.2, 0.25) is 0 Å². The minimum Gasteiger partial charge on any atom is -0.286 e. The zero-order valence-electron chi connectivity index (χ0n) is 15.9. The summed E-state index contributed by atoms with van der Waals surface area (Å²) in [4.78, 5) is 21.8. The largest absolute Gasteiger partial charge is 0.525 e. The van der Waals surface area contributed by atoms with E-state index >= 15 is 0 Å². The Hall–Kier alpha value is -2.28. The maximum Gasteiger partial charge on any atom is 0.525 e. The first-order valence-corrected chi connectivity index (χ1v) is 7.63. The number of carbonyl (C=O) groups is 2. The van der Waals surface area contributed by atoms with Gasteiger partial charge in [0, 0.05) is 0 Å². The molecule has 0 fully saturated rings. The predicted octanol–water partition coefficient (Wildman–Crippen LogP) is 6.19. The summed E-state index contributed by atoms with van der Waals surface area (Å²) in [5.41, 5.74) is 0. The van der Waals surface area contributed by atoms with Gasteiger partial charge in [0.15, 0.2) is 0 Å². The van der Waals surface area contributed by atoms with Gasteiger partial charge in [0.05, 0.1) is 0 Å². The summed E-state index contributed by atoms with van der Waals surface area (Å²) < 4.78 is 284. The summed E-state index contributed by atoms with van der Waals surface area (Å²) in [5, 5.41) is 0. The highest BCUT2D eigenvalue weighted by Gasteiger charge is 2.90. The molecule has 0 aliphatic rings. The van der Waals surface area contributed by atoms with Crippen LogP contribution in [0.5, 0.6) is 0 Å². The minimum absolute atomic E-state index is 1.22. The molecule has 0 aliphatic carbocycles. The molecule has 0 aromatic carbocycles. The smallest absolute Gasteiger partial charge is 0.286 e. The van der Waals surface area contributed by atoms with Crippen LogP contribution >= 0.6 is 0 Å². The van der Waals surface area contributed by atoms with Gasteiger partial charge in [0.25, 0.3) is 11.6 Å². The van der Waals surface area contributed by atoms with Gasteiger partial charge in [-0.15, -0.1) is 26.3 Å². The van der Waals surface area contributed by atoms with Gasteiger partial charge in [-0.1, -0.05) is 0 Å². The molecule has 26 heteroatoms. The van der Waals surface area contributed by atoms with Crippen LogP contribution in [0.15, 0.2) is 0 Å². The maximum atomic E-state index is 13.6. The molecular formula is C12F22O4. The van der Waals surface area contributed by atoms with Crippen LogP contribution in [0.3, 0.4) is 0 Å². The number of ketones is 2. The van der Waals surface area contributed by atoms with Crippen LogP contribution in [-0.4, -0.2) is 72.0 Å². The van der Waals surface area contributed by atoms with Gasteiger partial charge in [-0.05, 0) is 0 Å². The third-order valence-corrected chi connectivity index (χ3v) is 3.58. The molecule has 0 bridgehead atoms. The van der Waals surface area contributed by atoms with Crippen LogP contribution in [-0.2, 0) is 19.1 Å². The SMILES string of the molecule is O=C(C(F)(F)C(F)(F)C(F)(F)C(F)(F)C(=O)C(F)(OC(F)(F)F)C(F)(F)F)C(F)(OC(F)(F)F)C(F)(F)F. The van der Waals surface area contributed by atoms with Gasteiger partial charge >= 0.3 is 60.5 Å². The summed E-state index contributed by atoms with van der Waals surface area (Å²) in [7, 11) is 0. The summed E-state index contributed by atoms with van der Waals surface area (Å²) in [6.45, 7) is 0. The molecule has 0 amide bonds. The highest BCUT2D eigenvalue weighted by Crippen LogP contribution is 2.58. The number of alkyl halides is 22. The lowest BCUT2D eigenvalue weighted by Crippen LogP contribution is -2.73. The molecule has 0 N–H and O–H groups in total. The van der Waals surface area contributed by atoms with Crippen molar-refractivity contribution in [3.8, 4) is 0 Å². The lowest BCUT2D eigenvalue weighted by Gasteiger charge is -2.39.